The molecule has 0 unspecified atom stereocenters. The highest BCUT2D eigenvalue weighted by Gasteiger charge is 2.32. The molecule has 1 aliphatic heterocycles. The molecule has 168 valence electrons. The fourth-order valence-electron chi connectivity index (χ4n) is 4.03. The molecule has 8 nitrogen and oxygen atoms in total. The van der Waals surface area contributed by atoms with Crippen molar-refractivity contribution in [2.24, 2.45) is 5.92 Å². The van der Waals surface area contributed by atoms with Gasteiger partial charge in [0.15, 0.2) is 0 Å². The number of hydrogen-bond donors (Lipinski definition) is 2. The Bertz CT molecular complexity index is 924. The molecule has 3 atom stereocenters. The number of nitrogens with one attached hydrogen (secondary N) is 2. The zero-order chi connectivity index (χ0) is 22.5. The third-order valence-corrected chi connectivity index (χ3v) is 5.56. The van der Waals surface area contributed by atoms with Crippen molar-refractivity contribution in [1.82, 2.24) is 20.1 Å². The Morgan fingerprint density at radius 3 is 2.68 bits per heavy atom. The van der Waals surface area contributed by atoms with Gasteiger partial charge < -0.3 is 15.4 Å². The summed E-state index contributed by atoms with van der Waals surface area (Å²) in [7, 11) is 0. The molecule has 31 heavy (non-hydrogen) atoms. The zero-order valence-electron chi connectivity index (χ0n) is 19.0. The first-order valence-corrected chi connectivity index (χ1v) is 10.9. The lowest BCUT2D eigenvalue weighted by Crippen LogP contribution is -2.43. The molecule has 0 saturated carbocycles. The highest BCUT2D eigenvalue weighted by molar-refractivity contribution is 5.90. The van der Waals surface area contributed by atoms with E-state index in [1.165, 1.54) is 0 Å². The molecule has 1 aliphatic rings. The van der Waals surface area contributed by atoms with Gasteiger partial charge in [-0.1, -0.05) is 26.0 Å². The Hall–Kier alpha value is -2.74. The number of carbonyl (C=O) groups is 2. The highest BCUT2D eigenvalue weighted by atomic mass is 16.5. The summed E-state index contributed by atoms with van der Waals surface area (Å²) in [6, 6.07) is 7.85. The minimum absolute atomic E-state index is 0.0213. The maximum absolute atomic E-state index is 12.5. The van der Waals surface area contributed by atoms with Crippen LogP contribution >= 0.6 is 0 Å². The zero-order valence-corrected chi connectivity index (χ0v) is 19.0. The van der Waals surface area contributed by atoms with Gasteiger partial charge in [-0.2, -0.15) is 5.10 Å². The van der Waals surface area contributed by atoms with Crippen LogP contribution in [0.3, 0.4) is 0 Å². The molecule has 1 fully saturated rings. The minimum atomic E-state index is -0.129. The number of anilines is 1. The third kappa shape index (κ3) is 6.37. The van der Waals surface area contributed by atoms with Crippen LogP contribution in [0.15, 0.2) is 24.3 Å². The molecular weight excluding hydrogens is 394 g/mol. The predicted octanol–water partition coefficient (Wildman–Crippen LogP) is 3.30. The van der Waals surface area contributed by atoms with Crippen LogP contribution in [0.2, 0.25) is 0 Å². The van der Waals surface area contributed by atoms with Crippen molar-refractivity contribution >= 4 is 17.5 Å². The summed E-state index contributed by atoms with van der Waals surface area (Å²) in [5, 5.41) is 10.3. The van der Waals surface area contributed by atoms with Gasteiger partial charge in [0, 0.05) is 25.1 Å². The lowest BCUT2D eigenvalue weighted by atomic mass is 9.89. The van der Waals surface area contributed by atoms with E-state index in [2.05, 4.69) is 34.6 Å². The van der Waals surface area contributed by atoms with Gasteiger partial charge >= 0.3 is 0 Å². The van der Waals surface area contributed by atoms with Crippen LogP contribution in [0, 0.1) is 19.8 Å². The fourth-order valence-corrected chi connectivity index (χ4v) is 4.03. The maximum Gasteiger partial charge on any atom is 0.226 e. The number of aryl methyl sites for hydroxylation is 3. The van der Waals surface area contributed by atoms with Crippen molar-refractivity contribution in [3.8, 4) is 0 Å². The SMILES string of the molecule is CC(=O)N[C@H]1C[C@@H](c2cccc(NC(=O)CCn3nc(C)nc3C)c2)O[C@@H](C(C)C)C1. The van der Waals surface area contributed by atoms with Crippen LogP contribution in [0.5, 0.6) is 0 Å². The van der Waals surface area contributed by atoms with Crippen molar-refractivity contribution < 1.29 is 14.3 Å². The number of amides is 2. The molecule has 8 heteroatoms. The average Bonchev–Trinajstić information content (AvgIpc) is 3.03. The van der Waals surface area contributed by atoms with Crippen molar-refractivity contribution in [2.45, 2.75) is 78.7 Å². The molecule has 1 aromatic carbocycles. The molecule has 2 amide bonds. The van der Waals surface area contributed by atoms with Crippen molar-refractivity contribution in [1.29, 1.82) is 0 Å². The molecule has 2 heterocycles. The van der Waals surface area contributed by atoms with E-state index in [0.717, 1.165) is 23.5 Å². The molecule has 2 N–H and O–H groups in total. The van der Waals surface area contributed by atoms with Crippen molar-refractivity contribution in [3.63, 3.8) is 0 Å². The van der Waals surface area contributed by atoms with E-state index in [4.69, 9.17) is 4.74 Å². The third-order valence-electron chi connectivity index (χ3n) is 5.56. The van der Waals surface area contributed by atoms with Crippen molar-refractivity contribution in [2.75, 3.05) is 5.32 Å². The molecular formula is C23H33N5O3. The largest absolute Gasteiger partial charge is 0.370 e. The highest BCUT2D eigenvalue weighted by Crippen LogP contribution is 2.35. The first-order valence-electron chi connectivity index (χ1n) is 10.9. The predicted molar refractivity (Wildman–Crippen MR) is 118 cm³/mol. The Morgan fingerprint density at radius 1 is 1.26 bits per heavy atom. The molecule has 0 radical (unpaired) electrons. The summed E-state index contributed by atoms with van der Waals surface area (Å²) in [5.74, 6) is 1.76. The second kappa shape index (κ2) is 10.0. The van der Waals surface area contributed by atoms with Crippen LogP contribution in [0.4, 0.5) is 5.69 Å². The number of carbonyl (C=O) groups excluding carboxylic acids is 2. The minimum Gasteiger partial charge on any atom is -0.370 e. The van der Waals surface area contributed by atoms with Gasteiger partial charge in [0.2, 0.25) is 11.8 Å². The summed E-state index contributed by atoms with van der Waals surface area (Å²) in [6.45, 7) is 10.0. The van der Waals surface area contributed by atoms with E-state index >= 15 is 0 Å². The summed E-state index contributed by atoms with van der Waals surface area (Å²) in [6.07, 6.45) is 1.78. The molecule has 1 saturated heterocycles. The molecule has 0 spiro atoms. The first kappa shape index (κ1) is 22.9. The average molecular weight is 428 g/mol. The molecule has 3 rings (SSSR count). The van der Waals surface area contributed by atoms with Crippen molar-refractivity contribution in [3.05, 3.63) is 41.5 Å². The molecule has 0 bridgehead atoms. The smallest absolute Gasteiger partial charge is 0.226 e. The number of nitrogens with zero attached hydrogens (tertiary/aromatic N) is 3. The van der Waals surface area contributed by atoms with E-state index in [1.54, 1.807) is 11.6 Å². The quantitative estimate of drug-likeness (QED) is 0.706. The summed E-state index contributed by atoms with van der Waals surface area (Å²) >= 11 is 0. The number of aromatic nitrogens is 3. The topological polar surface area (TPSA) is 98.1 Å². The Morgan fingerprint density at radius 2 is 2.03 bits per heavy atom. The molecule has 0 aliphatic carbocycles. The first-order chi connectivity index (χ1) is 14.7. The van der Waals surface area contributed by atoms with E-state index in [0.29, 0.717) is 31.1 Å². The van der Waals surface area contributed by atoms with Gasteiger partial charge in [0.25, 0.3) is 0 Å². The van der Waals surface area contributed by atoms with Crippen LogP contribution in [-0.4, -0.2) is 38.7 Å². The van der Waals surface area contributed by atoms with Gasteiger partial charge in [0.05, 0.1) is 18.8 Å². The van der Waals surface area contributed by atoms with E-state index in [-0.39, 0.29) is 30.1 Å². The van der Waals surface area contributed by atoms with Gasteiger partial charge in [-0.05, 0) is 50.3 Å². The van der Waals surface area contributed by atoms with Gasteiger partial charge in [-0.15, -0.1) is 0 Å². The Balaban J connectivity index is 1.64. The van der Waals surface area contributed by atoms with E-state index in [1.807, 2.05) is 38.1 Å². The lowest BCUT2D eigenvalue weighted by molar-refractivity contribution is -0.123. The van der Waals surface area contributed by atoms with E-state index < -0.39 is 0 Å². The fraction of sp³-hybridized carbons (Fsp3) is 0.565. The monoisotopic (exact) mass is 427 g/mol. The van der Waals surface area contributed by atoms with Crippen LogP contribution < -0.4 is 10.6 Å². The Labute approximate surface area is 183 Å². The lowest BCUT2D eigenvalue weighted by Gasteiger charge is -2.38. The number of benzene rings is 1. The standard InChI is InChI=1S/C23H33N5O3/c1-14(2)21-12-20(25-17(5)29)13-22(31-21)18-7-6-8-19(11-18)26-23(30)9-10-28-16(4)24-15(3)27-28/h6-8,11,14,20-22H,9-10,12-13H2,1-5H3,(H,25,29)(H,26,30)/t20-,21-,22+/m1/s1. The van der Waals surface area contributed by atoms with E-state index in [9.17, 15) is 9.59 Å². The Kier molecular flexibility index (Phi) is 7.43. The van der Waals surface area contributed by atoms with Crippen LogP contribution in [-0.2, 0) is 20.9 Å². The molecule has 2 aromatic rings. The van der Waals surface area contributed by atoms with Gasteiger partial charge in [-0.3, -0.25) is 9.59 Å². The summed E-state index contributed by atoms with van der Waals surface area (Å²) in [4.78, 5) is 28.3. The normalized spacial score (nSPS) is 21.2. The summed E-state index contributed by atoms with van der Waals surface area (Å²) in [5.41, 5.74) is 1.74. The van der Waals surface area contributed by atoms with Crippen LogP contribution in [0.1, 0.15) is 63.3 Å². The number of hydrogen-bond acceptors (Lipinski definition) is 5. The number of rotatable bonds is 7. The maximum atomic E-state index is 12.5. The number of ether oxygens (including phenoxy) is 1. The van der Waals surface area contributed by atoms with Gasteiger partial charge in [0.1, 0.15) is 11.6 Å². The second-order valence-electron chi connectivity index (χ2n) is 8.63. The molecule has 1 aromatic heterocycles. The second-order valence-corrected chi connectivity index (χ2v) is 8.63. The van der Waals surface area contributed by atoms with Gasteiger partial charge in [-0.25, -0.2) is 9.67 Å². The summed E-state index contributed by atoms with van der Waals surface area (Å²) < 4.78 is 8.09. The van der Waals surface area contributed by atoms with Crippen LogP contribution in [0.25, 0.3) is 0 Å².